The maximum atomic E-state index is 10.2. The van der Waals surface area contributed by atoms with Crippen LogP contribution in [-0.2, 0) is 26.7 Å². The number of nitrogens with two attached hydrogens (primary N) is 1. The maximum Gasteiger partial charge on any atom is 0.337 e. The van der Waals surface area contributed by atoms with E-state index in [1.165, 1.54) is 0 Å². The molecule has 0 saturated heterocycles. The molecule has 5 N–H and O–H groups in total. The molecule has 7 heteroatoms. The Morgan fingerprint density at radius 1 is 1.18 bits per heavy atom. The topological polar surface area (TPSA) is 121 Å². The number of carbonyl (C=O) groups is 2. The average Bonchev–Trinajstić information content (AvgIpc) is 2.29. The molecule has 1 radical (unpaired) electrons. The molecule has 1 unspecified atom stereocenters. The van der Waals surface area contributed by atoms with Crippen molar-refractivity contribution < 1.29 is 42.0 Å². The summed E-state index contributed by atoms with van der Waals surface area (Å²) in [7, 11) is 0. The quantitative estimate of drug-likeness (QED) is 0.571. The molecular formula is C10H13MnNO5. The van der Waals surface area contributed by atoms with Crippen LogP contribution in [0.3, 0.4) is 0 Å². The number of aliphatic hydroxyl groups is 1. The second kappa shape index (κ2) is 9.80. The van der Waals surface area contributed by atoms with Gasteiger partial charge in [-0.1, -0.05) is 30.3 Å². The summed E-state index contributed by atoms with van der Waals surface area (Å²) in [5, 5.41) is 25.0. The van der Waals surface area contributed by atoms with Crippen molar-refractivity contribution >= 4 is 11.9 Å². The number of hydrogen-bond acceptors (Lipinski definition) is 4. The SMILES string of the molecule is NCC(=O)O.O=C(O)C(O)c1ccccc1.[Mn]. The van der Waals surface area contributed by atoms with E-state index < -0.39 is 18.0 Å². The summed E-state index contributed by atoms with van der Waals surface area (Å²) < 4.78 is 0. The van der Waals surface area contributed by atoms with Gasteiger partial charge in [0.1, 0.15) is 0 Å². The molecule has 0 aliphatic carbocycles. The normalized spacial score (nSPS) is 10.2. The smallest absolute Gasteiger partial charge is 0.337 e. The van der Waals surface area contributed by atoms with Gasteiger partial charge in [0, 0.05) is 17.1 Å². The Hall–Kier alpha value is -1.40. The van der Waals surface area contributed by atoms with Crippen molar-refractivity contribution in [1.82, 2.24) is 0 Å². The third-order valence-electron chi connectivity index (χ3n) is 1.52. The average molecular weight is 282 g/mol. The zero-order valence-electron chi connectivity index (χ0n) is 8.78. The van der Waals surface area contributed by atoms with E-state index in [1.54, 1.807) is 30.3 Å². The summed E-state index contributed by atoms with van der Waals surface area (Å²) in [6, 6.07) is 8.26. The van der Waals surface area contributed by atoms with E-state index in [0.29, 0.717) is 5.56 Å². The molecule has 1 rings (SSSR count). The van der Waals surface area contributed by atoms with E-state index in [9.17, 15) is 9.59 Å². The molecule has 0 aliphatic rings. The molecule has 95 valence electrons. The minimum absolute atomic E-state index is 0. The fourth-order valence-corrected chi connectivity index (χ4v) is 0.778. The van der Waals surface area contributed by atoms with Crippen molar-refractivity contribution in [2.24, 2.45) is 5.73 Å². The van der Waals surface area contributed by atoms with E-state index >= 15 is 0 Å². The van der Waals surface area contributed by atoms with E-state index in [2.05, 4.69) is 5.73 Å². The van der Waals surface area contributed by atoms with Crippen molar-refractivity contribution in [2.75, 3.05) is 6.54 Å². The summed E-state index contributed by atoms with van der Waals surface area (Å²) >= 11 is 0. The number of benzene rings is 1. The minimum Gasteiger partial charge on any atom is -0.480 e. The number of aliphatic carboxylic acids is 2. The van der Waals surface area contributed by atoms with E-state index in [0.717, 1.165) is 0 Å². The summed E-state index contributed by atoms with van der Waals surface area (Å²) in [6.07, 6.45) is -1.41. The van der Waals surface area contributed by atoms with Crippen molar-refractivity contribution in [3.05, 3.63) is 35.9 Å². The van der Waals surface area contributed by atoms with Gasteiger partial charge < -0.3 is 21.1 Å². The van der Waals surface area contributed by atoms with Crippen molar-refractivity contribution in [3.8, 4) is 0 Å². The molecule has 0 aromatic heterocycles. The van der Waals surface area contributed by atoms with Crippen LogP contribution in [-0.4, -0.2) is 33.8 Å². The molecule has 1 atom stereocenters. The van der Waals surface area contributed by atoms with E-state index in [1.807, 2.05) is 0 Å². The number of carboxylic acids is 2. The van der Waals surface area contributed by atoms with Crippen LogP contribution in [0.1, 0.15) is 11.7 Å². The molecule has 1 aromatic carbocycles. The Morgan fingerprint density at radius 3 is 1.88 bits per heavy atom. The number of rotatable bonds is 3. The maximum absolute atomic E-state index is 10.2. The Bertz CT molecular complexity index is 344. The molecule has 6 nitrogen and oxygen atoms in total. The fourth-order valence-electron chi connectivity index (χ4n) is 0.778. The zero-order valence-corrected chi connectivity index (χ0v) is 9.97. The van der Waals surface area contributed by atoms with Crippen molar-refractivity contribution in [2.45, 2.75) is 6.10 Å². The zero-order chi connectivity index (χ0) is 12.6. The number of hydrogen-bond donors (Lipinski definition) is 4. The number of carboxylic acid groups (broad SMARTS) is 2. The minimum atomic E-state index is -1.41. The van der Waals surface area contributed by atoms with Gasteiger partial charge in [-0.3, -0.25) is 4.79 Å². The Labute approximate surface area is 109 Å². The van der Waals surface area contributed by atoms with Gasteiger partial charge in [0.25, 0.3) is 0 Å². The summed E-state index contributed by atoms with van der Waals surface area (Å²) in [5.74, 6) is -2.19. The summed E-state index contributed by atoms with van der Waals surface area (Å²) in [6.45, 7) is -0.278. The van der Waals surface area contributed by atoms with Gasteiger partial charge >= 0.3 is 11.9 Å². The first kappa shape index (κ1) is 18.0. The third kappa shape index (κ3) is 8.41. The Kier molecular flexibility index (Phi) is 10.4. The predicted molar refractivity (Wildman–Crippen MR) is 55.7 cm³/mol. The standard InChI is InChI=1S/C8H8O3.C2H5NO2.Mn/c9-7(8(10)11)6-4-2-1-3-5-6;3-1-2(4)5;/h1-5,7,9H,(H,10,11);1,3H2,(H,4,5);. The number of aliphatic hydroxyl groups excluding tert-OH is 1. The molecule has 17 heavy (non-hydrogen) atoms. The first-order valence-corrected chi connectivity index (χ1v) is 4.36. The molecule has 0 saturated carbocycles. The molecule has 0 fully saturated rings. The second-order valence-electron chi connectivity index (χ2n) is 2.75. The molecule has 0 spiro atoms. The van der Waals surface area contributed by atoms with Gasteiger partial charge in [-0.25, -0.2) is 4.79 Å². The molecule has 0 heterocycles. The Morgan fingerprint density at radius 2 is 1.59 bits per heavy atom. The van der Waals surface area contributed by atoms with Crippen LogP contribution in [0.15, 0.2) is 30.3 Å². The van der Waals surface area contributed by atoms with Gasteiger partial charge in [-0.05, 0) is 5.56 Å². The first-order valence-electron chi connectivity index (χ1n) is 4.36. The molecule has 0 bridgehead atoms. The Balaban J connectivity index is 0. The van der Waals surface area contributed by atoms with Crippen LogP contribution in [0.5, 0.6) is 0 Å². The van der Waals surface area contributed by atoms with Crippen LogP contribution in [0.4, 0.5) is 0 Å². The van der Waals surface area contributed by atoms with Crippen LogP contribution < -0.4 is 5.73 Å². The van der Waals surface area contributed by atoms with E-state index in [4.69, 9.17) is 15.3 Å². The van der Waals surface area contributed by atoms with Crippen molar-refractivity contribution in [1.29, 1.82) is 0 Å². The summed E-state index contributed by atoms with van der Waals surface area (Å²) in [4.78, 5) is 19.5. The monoisotopic (exact) mass is 282 g/mol. The fraction of sp³-hybridized carbons (Fsp3) is 0.200. The third-order valence-corrected chi connectivity index (χ3v) is 1.52. The van der Waals surface area contributed by atoms with Gasteiger partial charge in [-0.15, -0.1) is 0 Å². The van der Waals surface area contributed by atoms with Gasteiger partial charge in [-0.2, -0.15) is 0 Å². The van der Waals surface area contributed by atoms with Crippen LogP contribution in [0, 0.1) is 0 Å². The second-order valence-corrected chi connectivity index (χ2v) is 2.75. The molecule has 1 aromatic rings. The largest absolute Gasteiger partial charge is 0.480 e. The van der Waals surface area contributed by atoms with Crippen molar-refractivity contribution in [3.63, 3.8) is 0 Å². The van der Waals surface area contributed by atoms with Gasteiger partial charge in [0.15, 0.2) is 6.10 Å². The van der Waals surface area contributed by atoms with Crippen LogP contribution >= 0.6 is 0 Å². The molecular weight excluding hydrogens is 269 g/mol. The first-order chi connectivity index (χ1) is 7.49. The van der Waals surface area contributed by atoms with Gasteiger partial charge in [0.05, 0.1) is 6.54 Å². The van der Waals surface area contributed by atoms with Crippen LogP contribution in [0.2, 0.25) is 0 Å². The summed E-state index contributed by atoms with van der Waals surface area (Å²) in [5.41, 5.74) is 4.97. The molecule has 0 amide bonds. The van der Waals surface area contributed by atoms with Gasteiger partial charge in [0.2, 0.25) is 0 Å². The van der Waals surface area contributed by atoms with Crippen LogP contribution in [0.25, 0.3) is 0 Å². The van der Waals surface area contributed by atoms with E-state index in [-0.39, 0.29) is 23.6 Å². The predicted octanol–water partition coefficient (Wildman–Crippen LogP) is -0.168. The molecule has 0 aliphatic heterocycles.